The molecule has 1 aromatic rings. The Bertz CT molecular complexity index is 539. The molecule has 23 heavy (non-hydrogen) atoms. The van der Waals surface area contributed by atoms with Crippen LogP contribution in [0.15, 0.2) is 18.2 Å². The monoisotopic (exact) mass is 318 g/mol. The number of anilines is 1. The van der Waals surface area contributed by atoms with Gasteiger partial charge < -0.3 is 19.6 Å². The summed E-state index contributed by atoms with van der Waals surface area (Å²) >= 11 is 0. The standard InChI is InChI=1S/C18H26N2O3/c21-18(22)14-20-11-12-23-17-6-5-15(13-16(17)20)7-10-19-8-3-1-2-4-9-19/h5-6,13H,1-4,7-12,14H2,(H,21,22). The maximum atomic E-state index is 11.0. The molecule has 2 aliphatic heterocycles. The van der Waals surface area contributed by atoms with Crippen molar-refractivity contribution in [3.8, 4) is 5.75 Å². The molecule has 0 aliphatic carbocycles. The zero-order valence-electron chi connectivity index (χ0n) is 13.7. The maximum Gasteiger partial charge on any atom is 0.323 e. The molecule has 0 bridgehead atoms. The van der Waals surface area contributed by atoms with Crippen molar-refractivity contribution in [1.29, 1.82) is 0 Å². The number of ether oxygens (including phenoxy) is 1. The average Bonchev–Trinajstić information content (AvgIpc) is 2.81. The molecule has 0 radical (unpaired) electrons. The minimum atomic E-state index is -0.798. The number of carboxylic acid groups (broad SMARTS) is 1. The molecular formula is C18H26N2O3. The van der Waals surface area contributed by atoms with E-state index in [0.717, 1.165) is 24.4 Å². The van der Waals surface area contributed by atoms with E-state index in [0.29, 0.717) is 13.2 Å². The Hall–Kier alpha value is -1.75. The van der Waals surface area contributed by atoms with Crippen LogP contribution in [0.2, 0.25) is 0 Å². The molecule has 1 N–H and O–H groups in total. The third kappa shape index (κ3) is 4.38. The van der Waals surface area contributed by atoms with Gasteiger partial charge in [0, 0.05) is 6.54 Å². The summed E-state index contributed by atoms with van der Waals surface area (Å²) in [6.07, 6.45) is 6.34. The van der Waals surface area contributed by atoms with Gasteiger partial charge in [0.15, 0.2) is 0 Å². The molecule has 0 amide bonds. The maximum absolute atomic E-state index is 11.0. The van der Waals surface area contributed by atoms with Crippen molar-refractivity contribution in [3.63, 3.8) is 0 Å². The van der Waals surface area contributed by atoms with Gasteiger partial charge in [-0.25, -0.2) is 0 Å². The Labute approximate surface area is 137 Å². The molecule has 3 rings (SSSR count). The number of benzene rings is 1. The van der Waals surface area contributed by atoms with E-state index in [1.54, 1.807) is 0 Å². The topological polar surface area (TPSA) is 53.0 Å². The average molecular weight is 318 g/mol. The van der Waals surface area contributed by atoms with Crippen LogP contribution in [-0.4, -0.2) is 55.3 Å². The zero-order valence-corrected chi connectivity index (χ0v) is 13.7. The lowest BCUT2D eigenvalue weighted by Gasteiger charge is -2.30. The predicted octanol–water partition coefficient (Wildman–Crippen LogP) is 2.39. The Balaban J connectivity index is 1.65. The summed E-state index contributed by atoms with van der Waals surface area (Å²) in [6, 6.07) is 6.21. The van der Waals surface area contributed by atoms with Crippen molar-refractivity contribution in [2.24, 2.45) is 0 Å². The Morgan fingerprint density at radius 2 is 1.91 bits per heavy atom. The van der Waals surface area contributed by atoms with E-state index < -0.39 is 5.97 Å². The lowest BCUT2D eigenvalue weighted by molar-refractivity contribution is -0.135. The number of rotatable bonds is 5. The zero-order chi connectivity index (χ0) is 16.1. The molecule has 0 aromatic heterocycles. The van der Waals surface area contributed by atoms with Crippen LogP contribution in [-0.2, 0) is 11.2 Å². The Kier molecular flexibility index (Phi) is 5.39. The quantitative estimate of drug-likeness (QED) is 0.903. The lowest BCUT2D eigenvalue weighted by Crippen LogP contribution is -2.36. The second-order valence-electron chi connectivity index (χ2n) is 6.47. The molecular weight excluding hydrogens is 292 g/mol. The molecule has 126 valence electrons. The highest BCUT2D eigenvalue weighted by Crippen LogP contribution is 2.32. The second kappa shape index (κ2) is 7.68. The fraction of sp³-hybridized carbons (Fsp3) is 0.611. The predicted molar refractivity (Wildman–Crippen MR) is 90.4 cm³/mol. The highest BCUT2D eigenvalue weighted by molar-refractivity contribution is 5.75. The SMILES string of the molecule is O=C(O)CN1CCOc2ccc(CCN3CCCCCC3)cc21. The van der Waals surface area contributed by atoms with Crippen molar-refractivity contribution in [2.75, 3.05) is 44.2 Å². The van der Waals surface area contributed by atoms with Gasteiger partial charge in [-0.15, -0.1) is 0 Å². The first-order valence-corrected chi connectivity index (χ1v) is 8.67. The van der Waals surface area contributed by atoms with E-state index in [1.165, 1.54) is 44.3 Å². The number of carboxylic acids is 1. The van der Waals surface area contributed by atoms with Gasteiger partial charge in [0.1, 0.15) is 18.9 Å². The Morgan fingerprint density at radius 1 is 1.13 bits per heavy atom. The largest absolute Gasteiger partial charge is 0.490 e. The van der Waals surface area contributed by atoms with Gasteiger partial charge >= 0.3 is 5.97 Å². The first-order chi connectivity index (χ1) is 11.2. The van der Waals surface area contributed by atoms with E-state index in [1.807, 2.05) is 11.0 Å². The fourth-order valence-electron chi connectivity index (χ4n) is 3.45. The summed E-state index contributed by atoms with van der Waals surface area (Å²) in [4.78, 5) is 15.5. The van der Waals surface area contributed by atoms with E-state index in [2.05, 4.69) is 17.0 Å². The van der Waals surface area contributed by atoms with Crippen LogP contribution in [0.3, 0.4) is 0 Å². The van der Waals surface area contributed by atoms with Crippen molar-refractivity contribution < 1.29 is 14.6 Å². The smallest absolute Gasteiger partial charge is 0.323 e. The van der Waals surface area contributed by atoms with Gasteiger partial charge in [-0.2, -0.15) is 0 Å². The number of likely N-dealkylation sites (tertiary alicyclic amines) is 1. The number of hydrogen-bond acceptors (Lipinski definition) is 4. The summed E-state index contributed by atoms with van der Waals surface area (Å²) in [5, 5.41) is 9.07. The van der Waals surface area contributed by atoms with E-state index in [4.69, 9.17) is 9.84 Å². The molecule has 0 spiro atoms. The van der Waals surface area contributed by atoms with Crippen LogP contribution in [0.25, 0.3) is 0 Å². The van der Waals surface area contributed by atoms with Crippen molar-refractivity contribution in [1.82, 2.24) is 4.90 Å². The molecule has 0 saturated carbocycles. The van der Waals surface area contributed by atoms with Crippen LogP contribution in [0.5, 0.6) is 5.75 Å². The van der Waals surface area contributed by atoms with E-state index in [9.17, 15) is 4.79 Å². The van der Waals surface area contributed by atoms with E-state index >= 15 is 0 Å². The van der Waals surface area contributed by atoms with Gasteiger partial charge in [0.25, 0.3) is 0 Å². The molecule has 0 unspecified atom stereocenters. The van der Waals surface area contributed by atoms with Crippen molar-refractivity contribution in [3.05, 3.63) is 23.8 Å². The summed E-state index contributed by atoms with van der Waals surface area (Å²) in [7, 11) is 0. The number of carbonyl (C=O) groups is 1. The summed E-state index contributed by atoms with van der Waals surface area (Å²) in [5.74, 6) is 0.00356. The molecule has 5 nitrogen and oxygen atoms in total. The van der Waals surface area contributed by atoms with E-state index in [-0.39, 0.29) is 6.54 Å². The first kappa shape index (κ1) is 16.1. The van der Waals surface area contributed by atoms with Gasteiger partial charge in [-0.05, 0) is 50.0 Å². The van der Waals surface area contributed by atoms with Crippen LogP contribution in [0.4, 0.5) is 5.69 Å². The highest BCUT2D eigenvalue weighted by Gasteiger charge is 2.20. The van der Waals surface area contributed by atoms with Crippen molar-refractivity contribution in [2.45, 2.75) is 32.1 Å². The van der Waals surface area contributed by atoms with Gasteiger partial charge in [-0.3, -0.25) is 4.79 Å². The minimum absolute atomic E-state index is 0.0337. The van der Waals surface area contributed by atoms with Crippen LogP contribution in [0.1, 0.15) is 31.2 Å². The molecule has 1 aromatic carbocycles. The molecule has 5 heteroatoms. The van der Waals surface area contributed by atoms with Gasteiger partial charge in [0.2, 0.25) is 0 Å². The minimum Gasteiger partial charge on any atom is -0.490 e. The van der Waals surface area contributed by atoms with Crippen LogP contribution >= 0.6 is 0 Å². The second-order valence-corrected chi connectivity index (χ2v) is 6.47. The highest BCUT2D eigenvalue weighted by atomic mass is 16.5. The first-order valence-electron chi connectivity index (χ1n) is 8.67. The Morgan fingerprint density at radius 3 is 2.65 bits per heavy atom. The number of fused-ring (bicyclic) bond motifs is 1. The van der Waals surface area contributed by atoms with Crippen LogP contribution < -0.4 is 9.64 Å². The fourth-order valence-corrected chi connectivity index (χ4v) is 3.45. The lowest BCUT2D eigenvalue weighted by atomic mass is 10.1. The number of nitrogens with zero attached hydrogens (tertiary/aromatic N) is 2. The third-order valence-electron chi connectivity index (χ3n) is 4.72. The number of hydrogen-bond donors (Lipinski definition) is 1. The molecule has 0 atom stereocenters. The summed E-state index contributed by atoms with van der Waals surface area (Å²) in [5.41, 5.74) is 2.18. The summed E-state index contributed by atoms with van der Waals surface area (Å²) in [6.45, 7) is 4.71. The molecule has 2 heterocycles. The normalized spacial score (nSPS) is 18.9. The number of aliphatic carboxylic acids is 1. The van der Waals surface area contributed by atoms with Crippen LogP contribution in [0, 0.1) is 0 Å². The summed E-state index contributed by atoms with van der Waals surface area (Å²) < 4.78 is 5.66. The van der Waals surface area contributed by atoms with Gasteiger partial charge in [0.05, 0.1) is 12.2 Å². The molecule has 1 saturated heterocycles. The molecule has 1 fully saturated rings. The molecule has 2 aliphatic rings. The third-order valence-corrected chi connectivity index (χ3v) is 4.72. The van der Waals surface area contributed by atoms with Gasteiger partial charge in [-0.1, -0.05) is 18.9 Å². The van der Waals surface area contributed by atoms with Crippen molar-refractivity contribution >= 4 is 11.7 Å².